The fourth-order valence-electron chi connectivity index (χ4n) is 3.19. The molecule has 0 nitrogen and oxygen atoms in total. The SMILES string of the molecule is CCC(C)(CC)C(Cc1ccccc1)Cc1ccccc1. The Hall–Kier alpha value is -1.56. The van der Waals surface area contributed by atoms with Crippen LogP contribution in [-0.2, 0) is 12.8 Å². The van der Waals surface area contributed by atoms with Gasteiger partial charge in [-0.25, -0.2) is 0 Å². The maximum absolute atomic E-state index is 2.46. The van der Waals surface area contributed by atoms with Crippen LogP contribution in [0.1, 0.15) is 44.7 Å². The van der Waals surface area contributed by atoms with Gasteiger partial charge in [-0.1, -0.05) is 94.3 Å². The lowest BCUT2D eigenvalue weighted by Crippen LogP contribution is -2.29. The van der Waals surface area contributed by atoms with E-state index in [9.17, 15) is 0 Å². The van der Waals surface area contributed by atoms with E-state index in [1.807, 2.05) is 0 Å². The molecule has 2 rings (SSSR count). The maximum Gasteiger partial charge on any atom is -0.0242 e. The molecule has 0 saturated carbocycles. The van der Waals surface area contributed by atoms with E-state index in [4.69, 9.17) is 0 Å². The lowest BCUT2D eigenvalue weighted by atomic mass is 9.68. The summed E-state index contributed by atoms with van der Waals surface area (Å²) in [4.78, 5) is 0. The van der Waals surface area contributed by atoms with Crippen molar-refractivity contribution in [2.45, 2.75) is 46.5 Å². The van der Waals surface area contributed by atoms with E-state index in [0.717, 1.165) is 0 Å². The molecule has 0 aromatic heterocycles. The highest BCUT2D eigenvalue weighted by molar-refractivity contribution is 5.19. The van der Waals surface area contributed by atoms with Gasteiger partial charge in [-0.05, 0) is 35.3 Å². The normalized spacial score (nSPS) is 11.8. The average Bonchev–Trinajstić information content (AvgIpc) is 2.55. The van der Waals surface area contributed by atoms with Crippen LogP contribution in [0.15, 0.2) is 60.7 Å². The number of hydrogen-bond donors (Lipinski definition) is 0. The second-order valence-electron chi connectivity index (χ2n) is 6.44. The van der Waals surface area contributed by atoms with Crippen molar-refractivity contribution in [1.29, 1.82) is 0 Å². The Morgan fingerprint density at radius 3 is 1.43 bits per heavy atom. The molecule has 2 aromatic carbocycles. The molecule has 0 radical (unpaired) electrons. The zero-order chi connectivity index (χ0) is 15.1. The molecular weight excluding hydrogens is 252 g/mol. The zero-order valence-corrected chi connectivity index (χ0v) is 13.7. The van der Waals surface area contributed by atoms with Crippen LogP contribution in [0.5, 0.6) is 0 Å². The molecular formula is C21H28. The van der Waals surface area contributed by atoms with E-state index in [-0.39, 0.29) is 0 Å². The predicted octanol–water partition coefficient (Wildman–Crippen LogP) is 5.91. The highest BCUT2D eigenvalue weighted by Gasteiger charge is 2.30. The van der Waals surface area contributed by atoms with Crippen LogP contribution in [0.3, 0.4) is 0 Å². The third-order valence-corrected chi connectivity index (χ3v) is 5.25. The van der Waals surface area contributed by atoms with Gasteiger partial charge in [0.2, 0.25) is 0 Å². The molecule has 0 amide bonds. The minimum Gasteiger partial charge on any atom is -0.0649 e. The van der Waals surface area contributed by atoms with Gasteiger partial charge in [-0.2, -0.15) is 0 Å². The summed E-state index contributed by atoms with van der Waals surface area (Å²) in [5.41, 5.74) is 3.34. The average molecular weight is 280 g/mol. The Bertz CT molecular complexity index is 467. The van der Waals surface area contributed by atoms with Gasteiger partial charge in [0, 0.05) is 0 Å². The van der Waals surface area contributed by atoms with Crippen molar-refractivity contribution in [3.05, 3.63) is 71.8 Å². The summed E-state index contributed by atoms with van der Waals surface area (Å²) < 4.78 is 0. The van der Waals surface area contributed by atoms with Gasteiger partial charge >= 0.3 is 0 Å². The van der Waals surface area contributed by atoms with Gasteiger partial charge in [-0.15, -0.1) is 0 Å². The minimum atomic E-state index is 0.408. The summed E-state index contributed by atoms with van der Waals surface area (Å²) in [6.07, 6.45) is 4.84. The Balaban J connectivity index is 2.22. The largest absolute Gasteiger partial charge is 0.0649 e. The Kier molecular flexibility index (Phi) is 5.61. The molecule has 0 aliphatic carbocycles. The zero-order valence-electron chi connectivity index (χ0n) is 13.7. The van der Waals surface area contributed by atoms with Gasteiger partial charge < -0.3 is 0 Å². The molecule has 112 valence electrons. The Labute approximate surface area is 130 Å². The topological polar surface area (TPSA) is 0 Å². The van der Waals surface area contributed by atoms with Crippen LogP contribution in [0.25, 0.3) is 0 Å². The Morgan fingerprint density at radius 2 is 1.10 bits per heavy atom. The van der Waals surface area contributed by atoms with Crippen LogP contribution in [0.2, 0.25) is 0 Å². The van der Waals surface area contributed by atoms with Crippen molar-refractivity contribution in [2.24, 2.45) is 11.3 Å². The van der Waals surface area contributed by atoms with Gasteiger partial charge in [0.25, 0.3) is 0 Å². The standard InChI is InChI=1S/C21H28/c1-4-21(3,5-2)20(16-18-12-8-6-9-13-18)17-19-14-10-7-11-15-19/h6-15,20H,4-5,16-17H2,1-3H3. The van der Waals surface area contributed by atoms with Crippen molar-refractivity contribution in [3.8, 4) is 0 Å². The predicted molar refractivity (Wildman–Crippen MR) is 92.5 cm³/mol. The summed E-state index contributed by atoms with van der Waals surface area (Å²) in [5, 5.41) is 0. The van der Waals surface area contributed by atoms with E-state index in [0.29, 0.717) is 11.3 Å². The summed E-state index contributed by atoms with van der Waals surface area (Å²) in [6.45, 7) is 7.14. The second kappa shape index (κ2) is 7.45. The van der Waals surface area contributed by atoms with Crippen LogP contribution in [0.4, 0.5) is 0 Å². The summed E-state index contributed by atoms with van der Waals surface area (Å²) in [5.74, 6) is 0.692. The molecule has 0 heteroatoms. The maximum atomic E-state index is 2.46. The first-order valence-corrected chi connectivity index (χ1v) is 8.25. The lowest BCUT2D eigenvalue weighted by Gasteiger charge is -2.37. The molecule has 0 spiro atoms. The fraction of sp³-hybridized carbons (Fsp3) is 0.429. The van der Waals surface area contributed by atoms with Crippen LogP contribution >= 0.6 is 0 Å². The molecule has 0 heterocycles. The van der Waals surface area contributed by atoms with E-state index in [1.54, 1.807) is 0 Å². The molecule has 0 atom stereocenters. The van der Waals surface area contributed by atoms with Crippen molar-refractivity contribution in [1.82, 2.24) is 0 Å². The minimum absolute atomic E-state index is 0.408. The van der Waals surface area contributed by atoms with E-state index in [1.165, 1.54) is 36.8 Å². The van der Waals surface area contributed by atoms with Crippen LogP contribution in [-0.4, -0.2) is 0 Å². The quantitative estimate of drug-likeness (QED) is 0.591. The van der Waals surface area contributed by atoms with E-state index < -0.39 is 0 Å². The molecule has 0 saturated heterocycles. The van der Waals surface area contributed by atoms with Gasteiger partial charge in [0.05, 0.1) is 0 Å². The van der Waals surface area contributed by atoms with Gasteiger partial charge in [0.1, 0.15) is 0 Å². The number of rotatable bonds is 7. The molecule has 0 fully saturated rings. The van der Waals surface area contributed by atoms with E-state index in [2.05, 4.69) is 81.4 Å². The highest BCUT2D eigenvalue weighted by Crippen LogP contribution is 2.38. The second-order valence-corrected chi connectivity index (χ2v) is 6.44. The number of hydrogen-bond acceptors (Lipinski definition) is 0. The van der Waals surface area contributed by atoms with Crippen molar-refractivity contribution < 1.29 is 0 Å². The summed E-state index contributed by atoms with van der Waals surface area (Å²) in [7, 11) is 0. The monoisotopic (exact) mass is 280 g/mol. The molecule has 0 bridgehead atoms. The van der Waals surface area contributed by atoms with Gasteiger partial charge in [-0.3, -0.25) is 0 Å². The molecule has 0 unspecified atom stereocenters. The van der Waals surface area contributed by atoms with Crippen LogP contribution in [0, 0.1) is 11.3 Å². The summed E-state index contributed by atoms with van der Waals surface area (Å²) in [6, 6.07) is 21.9. The first-order valence-electron chi connectivity index (χ1n) is 8.25. The van der Waals surface area contributed by atoms with Crippen molar-refractivity contribution in [3.63, 3.8) is 0 Å². The van der Waals surface area contributed by atoms with Gasteiger partial charge in [0.15, 0.2) is 0 Å². The van der Waals surface area contributed by atoms with E-state index >= 15 is 0 Å². The van der Waals surface area contributed by atoms with Crippen molar-refractivity contribution >= 4 is 0 Å². The first kappa shape index (κ1) is 15.8. The Morgan fingerprint density at radius 1 is 0.714 bits per heavy atom. The molecule has 2 aromatic rings. The highest BCUT2D eigenvalue weighted by atomic mass is 14.4. The molecule has 0 N–H and O–H groups in total. The third kappa shape index (κ3) is 4.20. The molecule has 21 heavy (non-hydrogen) atoms. The number of benzene rings is 2. The lowest BCUT2D eigenvalue weighted by molar-refractivity contribution is 0.165. The van der Waals surface area contributed by atoms with Crippen LogP contribution < -0.4 is 0 Å². The molecule has 0 aliphatic rings. The third-order valence-electron chi connectivity index (χ3n) is 5.25. The molecule has 0 aliphatic heterocycles. The first-order chi connectivity index (χ1) is 10.2. The fourth-order valence-corrected chi connectivity index (χ4v) is 3.19. The summed E-state index contributed by atoms with van der Waals surface area (Å²) >= 11 is 0. The van der Waals surface area contributed by atoms with Crippen molar-refractivity contribution in [2.75, 3.05) is 0 Å². The smallest absolute Gasteiger partial charge is 0.0242 e.